The van der Waals surface area contributed by atoms with Gasteiger partial charge in [-0.1, -0.05) is 30.3 Å². The van der Waals surface area contributed by atoms with Gasteiger partial charge in [0, 0.05) is 37.7 Å². The van der Waals surface area contributed by atoms with Gasteiger partial charge in [0.25, 0.3) is 5.91 Å². The summed E-state index contributed by atoms with van der Waals surface area (Å²) in [5.41, 5.74) is 2.96. The fraction of sp³-hybridized carbons (Fsp3) is 0.481. The quantitative estimate of drug-likeness (QED) is 0.674. The monoisotopic (exact) mass is 434 g/mol. The Balaban J connectivity index is 1.30. The van der Waals surface area contributed by atoms with Crippen LogP contribution in [0.1, 0.15) is 53.6 Å². The van der Waals surface area contributed by atoms with E-state index in [2.05, 4.69) is 13.0 Å². The molecule has 5 nitrogen and oxygen atoms in total. The minimum absolute atomic E-state index is 0.0980. The number of carbonyl (C=O) groups excluding carboxylic acids is 2. The van der Waals surface area contributed by atoms with E-state index in [1.807, 2.05) is 52.3 Å². The van der Waals surface area contributed by atoms with Crippen molar-refractivity contribution in [3.05, 3.63) is 65.2 Å². The van der Waals surface area contributed by atoms with Gasteiger partial charge in [-0.05, 0) is 68.4 Å². The van der Waals surface area contributed by atoms with Crippen LogP contribution in [0, 0.1) is 12.8 Å². The Morgan fingerprint density at radius 1 is 0.938 bits per heavy atom. The lowest BCUT2D eigenvalue weighted by atomic mass is 9.97. The third-order valence-corrected chi connectivity index (χ3v) is 6.68. The molecule has 2 saturated heterocycles. The van der Waals surface area contributed by atoms with Crippen LogP contribution in [0.25, 0.3) is 0 Å². The summed E-state index contributed by atoms with van der Waals surface area (Å²) in [4.78, 5) is 29.6. The average Bonchev–Trinajstić information content (AvgIpc) is 2.84. The Bertz CT molecular complexity index is 936. The maximum absolute atomic E-state index is 12.9. The molecule has 4 rings (SSSR count). The number of hydrogen-bond acceptors (Lipinski definition) is 3. The van der Waals surface area contributed by atoms with Crippen molar-refractivity contribution in [2.24, 2.45) is 5.92 Å². The van der Waals surface area contributed by atoms with Gasteiger partial charge < -0.3 is 14.5 Å². The summed E-state index contributed by atoms with van der Waals surface area (Å²) >= 11 is 0. The Morgan fingerprint density at radius 2 is 1.72 bits per heavy atom. The van der Waals surface area contributed by atoms with Crippen molar-refractivity contribution in [2.75, 3.05) is 32.8 Å². The second kappa shape index (κ2) is 10.7. The van der Waals surface area contributed by atoms with Gasteiger partial charge in [-0.2, -0.15) is 0 Å². The van der Waals surface area contributed by atoms with E-state index in [0.717, 1.165) is 68.7 Å². The number of nitrogens with zero attached hydrogens (tertiary/aromatic N) is 2. The molecular formula is C27H34N2O3. The van der Waals surface area contributed by atoms with Gasteiger partial charge in [-0.25, -0.2) is 0 Å². The summed E-state index contributed by atoms with van der Waals surface area (Å²) in [6, 6.07) is 15.6. The fourth-order valence-corrected chi connectivity index (χ4v) is 4.72. The van der Waals surface area contributed by atoms with Gasteiger partial charge in [-0.15, -0.1) is 0 Å². The molecule has 0 saturated carbocycles. The number of benzene rings is 2. The Hall–Kier alpha value is -2.82. The summed E-state index contributed by atoms with van der Waals surface area (Å²) in [5.74, 6) is 1.33. The first-order valence-corrected chi connectivity index (χ1v) is 11.9. The van der Waals surface area contributed by atoms with Crippen LogP contribution in [-0.4, -0.2) is 54.4 Å². The Labute approximate surface area is 191 Å². The number of amides is 2. The van der Waals surface area contributed by atoms with Gasteiger partial charge in [0.1, 0.15) is 5.75 Å². The molecular weight excluding hydrogens is 400 g/mol. The largest absolute Gasteiger partial charge is 0.493 e. The molecule has 0 N–H and O–H groups in total. The fourth-order valence-electron chi connectivity index (χ4n) is 4.72. The maximum Gasteiger partial charge on any atom is 0.253 e. The van der Waals surface area contributed by atoms with Crippen LogP contribution >= 0.6 is 0 Å². The van der Waals surface area contributed by atoms with Crippen molar-refractivity contribution >= 4 is 11.8 Å². The van der Waals surface area contributed by atoms with Crippen molar-refractivity contribution < 1.29 is 14.3 Å². The molecule has 2 aliphatic rings. The normalized spacial score (nSPS) is 19.0. The number of aryl methyl sites for hydroxylation is 1. The predicted molar refractivity (Wildman–Crippen MR) is 126 cm³/mol. The maximum atomic E-state index is 12.9. The number of carbonyl (C=O) groups is 2. The number of rotatable bonds is 6. The SMILES string of the molecule is Cc1ccccc1CC(=O)N1CCC[C@@H](COc2cccc(C(=O)N3CCCCC3)c2)C1. The van der Waals surface area contributed by atoms with E-state index in [1.165, 1.54) is 6.42 Å². The average molecular weight is 435 g/mol. The minimum Gasteiger partial charge on any atom is -0.493 e. The third-order valence-electron chi connectivity index (χ3n) is 6.68. The lowest BCUT2D eigenvalue weighted by Gasteiger charge is -2.33. The number of ether oxygens (including phenoxy) is 1. The van der Waals surface area contributed by atoms with E-state index in [9.17, 15) is 9.59 Å². The van der Waals surface area contributed by atoms with Crippen LogP contribution in [0.4, 0.5) is 0 Å². The van der Waals surface area contributed by atoms with E-state index in [0.29, 0.717) is 24.5 Å². The molecule has 32 heavy (non-hydrogen) atoms. The molecule has 0 aliphatic carbocycles. The molecule has 2 amide bonds. The molecule has 5 heteroatoms. The van der Waals surface area contributed by atoms with Crippen LogP contribution < -0.4 is 4.74 Å². The number of hydrogen-bond donors (Lipinski definition) is 0. The summed E-state index contributed by atoms with van der Waals surface area (Å²) in [5, 5.41) is 0. The van der Waals surface area contributed by atoms with Gasteiger partial charge in [0.15, 0.2) is 0 Å². The topological polar surface area (TPSA) is 49.9 Å². The summed E-state index contributed by atoms with van der Waals surface area (Å²) in [6.45, 7) is 5.87. The van der Waals surface area contributed by atoms with Crippen molar-refractivity contribution in [2.45, 2.75) is 45.4 Å². The van der Waals surface area contributed by atoms with E-state index in [1.54, 1.807) is 0 Å². The molecule has 2 aromatic rings. The second-order valence-corrected chi connectivity index (χ2v) is 9.14. The third kappa shape index (κ3) is 5.70. The smallest absolute Gasteiger partial charge is 0.253 e. The molecule has 0 bridgehead atoms. The van der Waals surface area contributed by atoms with Crippen LogP contribution in [-0.2, 0) is 11.2 Å². The lowest BCUT2D eigenvalue weighted by Crippen LogP contribution is -2.42. The molecule has 0 aromatic heterocycles. The van der Waals surface area contributed by atoms with Crippen molar-refractivity contribution in [1.82, 2.24) is 9.80 Å². The molecule has 2 aromatic carbocycles. The lowest BCUT2D eigenvalue weighted by molar-refractivity contribution is -0.132. The Morgan fingerprint density at radius 3 is 2.53 bits per heavy atom. The van der Waals surface area contributed by atoms with E-state index >= 15 is 0 Å². The number of piperidine rings is 2. The molecule has 0 radical (unpaired) electrons. The van der Waals surface area contributed by atoms with Crippen LogP contribution in [0.15, 0.2) is 48.5 Å². The zero-order valence-electron chi connectivity index (χ0n) is 19.1. The molecule has 2 heterocycles. The van der Waals surface area contributed by atoms with E-state index in [4.69, 9.17) is 4.74 Å². The molecule has 2 aliphatic heterocycles. The van der Waals surface area contributed by atoms with Crippen LogP contribution in [0.2, 0.25) is 0 Å². The molecule has 1 atom stereocenters. The van der Waals surface area contributed by atoms with E-state index < -0.39 is 0 Å². The number of likely N-dealkylation sites (tertiary alicyclic amines) is 2. The van der Waals surface area contributed by atoms with Gasteiger partial charge in [-0.3, -0.25) is 9.59 Å². The summed E-state index contributed by atoms with van der Waals surface area (Å²) < 4.78 is 6.08. The van der Waals surface area contributed by atoms with Crippen molar-refractivity contribution in [3.63, 3.8) is 0 Å². The predicted octanol–water partition coefficient (Wildman–Crippen LogP) is 4.48. The highest BCUT2D eigenvalue weighted by Gasteiger charge is 2.25. The molecule has 0 unspecified atom stereocenters. The van der Waals surface area contributed by atoms with Crippen LogP contribution in [0.3, 0.4) is 0 Å². The molecule has 2 fully saturated rings. The van der Waals surface area contributed by atoms with E-state index in [-0.39, 0.29) is 11.8 Å². The first-order valence-electron chi connectivity index (χ1n) is 11.9. The standard InChI is InChI=1S/C27H34N2O3/c1-21-9-3-4-11-23(21)18-26(30)29-16-8-10-22(19-29)20-32-25-13-7-12-24(17-25)27(31)28-14-5-2-6-15-28/h3-4,7,9,11-13,17,22H,2,5-6,8,10,14-16,18-20H2,1H3/t22-/m1/s1. The minimum atomic E-state index is 0.0980. The molecule has 170 valence electrons. The zero-order chi connectivity index (χ0) is 22.3. The second-order valence-electron chi connectivity index (χ2n) is 9.14. The summed E-state index contributed by atoms with van der Waals surface area (Å²) in [6.07, 6.45) is 5.90. The van der Waals surface area contributed by atoms with Crippen molar-refractivity contribution in [3.8, 4) is 5.75 Å². The highest BCUT2D eigenvalue weighted by Crippen LogP contribution is 2.22. The first-order chi connectivity index (χ1) is 15.6. The van der Waals surface area contributed by atoms with Gasteiger partial charge >= 0.3 is 0 Å². The highest BCUT2D eigenvalue weighted by atomic mass is 16.5. The summed E-state index contributed by atoms with van der Waals surface area (Å²) in [7, 11) is 0. The van der Waals surface area contributed by atoms with Crippen LogP contribution in [0.5, 0.6) is 5.75 Å². The zero-order valence-corrected chi connectivity index (χ0v) is 19.1. The molecule has 0 spiro atoms. The van der Waals surface area contributed by atoms with Gasteiger partial charge in [0.2, 0.25) is 5.91 Å². The Kier molecular flexibility index (Phi) is 7.46. The van der Waals surface area contributed by atoms with Crippen molar-refractivity contribution in [1.29, 1.82) is 0 Å². The van der Waals surface area contributed by atoms with Gasteiger partial charge in [0.05, 0.1) is 13.0 Å². The first kappa shape index (κ1) is 22.4. The highest BCUT2D eigenvalue weighted by molar-refractivity contribution is 5.94.